The van der Waals surface area contributed by atoms with Crippen LogP contribution in [0.15, 0.2) is 27.7 Å². The van der Waals surface area contributed by atoms with Crippen LogP contribution in [0.3, 0.4) is 0 Å². The highest BCUT2D eigenvalue weighted by Crippen LogP contribution is 2.39. The van der Waals surface area contributed by atoms with E-state index in [1.807, 2.05) is 0 Å². The lowest BCUT2D eigenvalue weighted by Gasteiger charge is -2.38. The second-order valence-electron chi connectivity index (χ2n) is 7.06. The first-order valence-electron chi connectivity index (χ1n) is 8.99. The van der Waals surface area contributed by atoms with E-state index in [9.17, 15) is 22.4 Å². The van der Waals surface area contributed by atoms with Crippen LogP contribution in [-0.4, -0.2) is 46.3 Å². The number of nitrogens with zero attached hydrogens (tertiary/aromatic N) is 5. The Bertz CT molecular complexity index is 943. The van der Waals surface area contributed by atoms with Gasteiger partial charge in [-0.15, -0.1) is 5.10 Å². The maximum absolute atomic E-state index is 14.8. The largest absolute Gasteiger partial charge is 0.408 e. The predicted molar refractivity (Wildman–Crippen MR) is 93.4 cm³/mol. The number of halogens is 4. The number of carbonyl (C=O) groups is 1. The van der Waals surface area contributed by atoms with Gasteiger partial charge in [-0.2, -0.15) is 5.10 Å². The second kappa shape index (κ2) is 7.12. The molecule has 154 valence electrons. The molecule has 4 rings (SSSR count). The number of alkyl halides is 2. The Balaban J connectivity index is 1.53. The molecule has 1 saturated heterocycles. The number of anilines is 1. The lowest BCUT2D eigenvalue weighted by Crippen LogP contribution is -2.54. The average Bonchev–Trinajstić information content (AvgIpc) is 3.28. The number of amides is 1. The number of aromatic nitrogens is 2. The molecule has 1 aromatic heterocycles. The van der Waals surface area contributed by atoms with Gasteiger partial charge in [-0.3, -0.25) is 4.79 Å². The molecule has 0 saturated carbocycles. The van der Waals surface area contributed by atoms with E-state index in [0.717, 1.165) is 17.1 Å². The summed E-state index contributed by atoms with van der Waals surface area (Å²) in [5.41, 5.74) is 0.162. The van der Waals surface area contributed by atoms with Crippen molar-refractivity contribution in [3.8, 4) is 0 Å². The van der Waals surface area contributed by atoms with Gasteiger partial charge < -0.3 is 9.32 Å². The Morgan fingerprint density at radius 1 is 1.21 bits per heavy atom. The molecule has 11 heteroatoms. The number of benzene rings is 1. The number of aryl methyl sites for hydroxylation is 1. The molecule has 1 aromatic carbocycles. The van der Waals surface area contributed by atoms with Crippen LogP contribution in [-0.2, 0) is 4.79 Å². The van der Waals surface area contributed by atoms with E-state index < -0.39 is 42.0 Å². The minimum absolute atomic E-state index is 0.0274. The molecular formula is C18H17F4N5O2. The number of hydrazone groups is 1. The smallest absolute Gasteiger partial charge is 0.318 e. The van der Waals surface area contributed by atoms with E-state index in [1.54, 1.807) is 6.92 Å². The summed E-state index contributed by atoms with van der Waals surface area (Å²) in [4.78, 5) is 14.1. The summed E-state index contributed by atoms with van der Waals surface area (Å²) in [6.07, 6.45) is 1.39. The average molecular weight is 411 g/mol. The molecule has 0 spiro atoms. The van der Waals surface area contributed by atoms with E-state index in [2.05, 4.69) is 15.3 Å². The van der Waals surface area contributed by atoms with Gasteiger partial charge in [0.05, 0.1) is 12.6 Å². The van der Waals surface area contributed by atoms with Crippen molar-refractivity contribution in [3.05, 3.63) is 41.3 Å². The molecule has 2 aliphatic rings. The van der Waals surface area contributed by atoms with Crippen LogP contribution in [0, 0.1) is 24.5 Å². The van der Waals surface area contributed by atoms with Gasteiger partial charge in [0, 0.05) is 32.2 Å². The molecule has 0 radical (unpaired) electrons. The lowest BCUT2D eigenvalue weighted by atomic mass is 9.91. The highest BCUT2D eigenvalue weighted by Gasteiger charge is 2.52. The van der Waals surface area contributed by atoms with Gasteiger partial charge in [0.2, 0.25) is 5.89 Å². The van der Waals surface area contributed by atoms with Gasteiger partial charge in [0.25, 0.3) is 11.8 Å². The molecule has 0 N–H and O–H groups in total. The number of piperidine rings is 1. The van der Waals surface area contributed by atoms with Crippen molar-refractivity contribution in [2.75, 3.05) is 18.0 Å². The maximum Gasteiger partial charge on any atom is 0.318 e. The van der Waals surface area contributed by atoms with Crippen molar-refractivity contribution in [2.45, 2.75) is 31.7 Å². The van der Waals surface area contributed by atoms with Gasteiger partial charge in [-0.25, -0.2) is 22.6 Å². The molecule has 2 aromatic rings. The summed E-state index contributed by atoms with van der Waals surface area (Å²) in [6, 6.07) is 1.98. The molecule has 0 aliphatic carbocycles. The van der Waals surface area contributed by atoms with Crippen LogP contribution in [0.25, 0.3) is 0 Å². The van der Waals surface area contributed by atoms with Crippen LogP contribution in [0.2, 0.25) is 0 Å². The quantitative estimate of drug-likeness (QED) is 0.726. The standard InChI is InChI=1S/C18H17F4N5O2/c1-10-24-25-17(29-10)26-5-3-14(18(21,22)9-26)16(28)27-15(2-4-23-27)11-6-12(19)8-13(20)7-11/h4,6-8,14-15H,2-3,5,9H2,1H3/t14-,15-/m0/s1. The lowest BCUT2D eigenvalue weighted by molar-refractivity contribution is -0.154. The molecule has 3 heterocycles. The Morgan fingerprint density at radius 2 is 1.93 bits per heavy atom. The number of hydrogen-bond acceptors (Lipinski definition) is 6. The first-order valence-corrected chi connectivity index (χ1v) is 8.99. The highest BCUT2D eigenvalue weighted by atomic mass is 19.3. The fraction of sp³-hybridized carbons (Fsp3) is 0.444. The Hall–Kier alpha value is -2.98. The first kappa shape index (κ1) is 19.3. The Kier molecular flexibility index (Phi) is 4.75. The molecule has 0 bridgehead atoms. The Morgan fingerprint density at radius 3 is 2.55 bits per heavy atom. The minimum Gasteiger partial charge on any atom is -0.408 e. The summed E-state index contributed by atoms with van der Waals surface area (Å²) in [6.45, 7) is 0.901. The van der Waals surface area contributed by atoms with Gasteiger partial charge in [0.1, 0.15) is 17.6 Å². The van der Waals surface area contributed by atoms with Gasteiger partial charge in [0.15, 0.2) is 0 Å². The summed E-state index contributed by atoms with van der Waals surface area (Å²) >= 11 is 0. The molecular weight excluding hydrogens is 394 g/mol. The number of carbonyl (C=O) groups excluding carboxylic acids is 1. The predicted octanol–water partition coefficient (Wildman–Crippen LogP) is 3.08. The van der Waals surface area contributed by atoms with E-state index in [0.29, 0.717) is 6.07 Å². The van der Waals surface area contributed by atoms with Crippen molar-refractivity contribution in [2.24, 2.45) is 11.0 Å². The third kappa shape index (κ3) is 3.68. The fourth-order valence-corrected chi connectivity index (χ4v) is 3.65. The van der Waals surface area contributed by atoms with Crippen molar-refractivity contribution in [1.82, 2.24) is 15.2 Å². The summed E-state index contributed by atoms with van der Waals surface area (Å²) in [5.74, 6) is -7.27. The summed E-state index contributed by atoms with van der Waals surface area (Å²) < 4.78 is 62.0. The molecule has 7 nitrogen and oxygen atoms in total. The highest BCUT2D eigenvalue weighted by molar-refractivity contribution is 5.83. The normalized spacial score (nSPS) is 23.6. The first-order chi connectivity index (χ1) is 13.7. The third-order valence-corrected chi connectivity index (χ3v) is 5.01. The van der Waals surface area contributed by atoms with Crippen LogP contribution in [0.1, 0.15) is 30.3 Å². The van der Waals surface area contributed by atoms with Crippen molar-refractivity contribution in [3.63, 3.8) is 0 Å². The third-order valence-electron chi connectivity index (χ3n) is 5.01. The Labute approximate surface area is 163 Å². The zero-order valence-electron chi connectivity index (χ0n) is 15.4. The zero-order valence-corrected chi connectivity index (χ0v) is 15.4. The van der Waals surface area contributed by atoms with Gasteiger partial charge in [-0.1, -0.05) is 5.10 Å². The van der Waals surface area contributed by atoms with Gasteiger partial charge in [-0.05, 0) is 24.1 Å². The summed E-state index contributed by atoms with van der Waals surface area (Å²) in [7, 11) is 0. The maximum atomic E-state index is 14.8. The fourth-order valence-electron chi connectivity index (χ4n) is 3.65. The van der Waals surface area contributed by atoms with E-state index in [1.165, 1.54) is 11.1 Å². The minimum atomic E-state index is -3.38. The topological polar surface area (TPSA) is 74.8 Å². The van der Waals surface area contributed by atoms with Crippen LogP contribution >= 0.6 is 0 Å². The van der Waals surface area contributed by atoms with Gasteiger partial charge >= 0.3 is 6.01 Å². The second-order valence-corrected chi connectivity index (χ2v) is 7.06. The molecule has 2 aliphatic heterocycles. The van der Waals surface area contributed by atoms with Crippen LogP contribution in [0.4, 0.5) is 23.6 Å². The molecule has 2 atom stereocenters. The van der Waals surface area contributed by atoms with Crippen molar-refractivity contribution < 1.29 is 26.8 Å². The molecule has 1 fully saturated rings. The molecule has 0 unspecified atom stereocenters. The zero-order chi connectivity index (χ0) is 20.8. The van der Waals surface area contributed by atoms with Crippen LogP contribution < -0.4 is 4.90 Å². The number of hydrogen-bond donors (Lipinski definition) is 0. The number of rotatable bonds is 3. The molecule has 1 amide bonds. The van der Waals surface area contributed by atoms with E-state index >= 15 is 0 Å². The van der Waals surface area contributed by atoms with E-state index in [4.69, 9.17) is 4.42 Å². The van der Waals surface area contributed by atoms with Crippen molar-refractivity contribution in [1.29, 1.82) is 0 Å². The van der Waals surface area contributed by atoms with Crippen LogP contribution in [0.5, 0.6) is 0 Å². The monoisotopic (exact) mass is 411 g/mol. The van der Waals surface area contributed by atoms with Crippen molar-refractivity contribution >= 4 is 18.1 Å². The summed E-state index contributed by atoms with van der Waals surface area (Å²) in [5, 5.41) is 12.2. The van der Waals surface area contributed by atoms with E-state index in [-0.39, 0.29) is 36.9 Å². The SMILES string of the molecule is Cc1nnc(N2CC[C@@H](C(=O)N3N=CC[C@H]3c3cc(F)cc(F)c3)C(F)(F)C2)o1. The molecule has 29 heavy (non-hydrogen) atoms.